The number of methoxy groups -OCH3 is 2. The van der Waals surface area contributed by atoms with Crippen molar-refractivity contribution in [2.24, 2.45) is 0 Å². The number of carbonyl (C=O) groups is 1. The highest BCUT2D eigenvalue weighted by Gasteiger charge is 2.11. The van der Waals surface area contributed by atoms with Crippen LogP contribution >= 0.6 is 12.2 Å². The van der Waals surface area contributed by atoms with Crippen molar-refractivity contribution in [2.45, 2.75) is 13.3 Å². The Morgan fingerprint density at radius 1 is 1.04 bits per heavy atom. The topological polar surface area (TPSA) is 59.6 Å². The maximum Gasteiger partial charge on any atom is 0.257 e. The lowest BCUT2D eigenvalue weighted by Crippen LogP contribution is -2.34. The Hall–Kier alpha value is -2.60. The fourth-order valence-corrected chi connectivity index (χ4v) is 2.31. The molecule has 0 radical (unpaired) electrons. The number of amides is 1. The molecule has 2 aromatic carbocycles. The number of ether oxygens (including phenoxy) is 2. The smallest absolute Gasteiger partial charge is 0.257 e. The molecule has 5 nitrogen and oxygen atoms in total. The van der Waals surface area contributed by atoms with Crippen molar-refractivity contribution in [3.63, 3.8) is 0 Å². The second kappa shape index (κ2) is 8.31. The molecule has 0 bridgehead atoms. The van der Waals surface area contributed by atoms with Crippen molar-refractivity contribution in [3.8, 4) is 11.5 Å². The van der Waals surface area contributed by atoms with Crippen molar-refractivity contribution in [2.75, 3.05) is 19.5 Å². The number of thiocarbonyl (C=S) groups is 1. The summed E-state index contributed by atoms with van der Waals surface area (Å²) in [5, 5.41) is 5.86. The number of nitrogens with one attached hydrogen (secondary N) is 2. The van der Waals surface area contributed by atoms with Gasteiger partial charge in [0.25, 0.3) is 5.91 Å². The van der Waals surface area contributed by atoms with Crippen LogP contribution in [0.2, 0.25) is 0 Å². The van der Waals surface area contributed by atoms with Crippen LogP contribution in [0.15, 0.2) is 42.5 Å². The molecule has 0 saturated heterocycles. The van der Waals surface area contributed by atoms with Crippen LogP contribution in [0.25, 0.3) is 0 Å². The third-order valence-corrected chi connectivity index (χ3v) is 3.66. The Balaban J connectivity index is 2.04. The molecule has 24 heavy (non-hydrogen) atoms. The van der Waals surface area contributed by atoms with Gasteiger partial charge in [-0.15, -0.1) is 0 Å². The van der Waals surface area contributed by atoms with Crippen molar-refractivity contribution in [1.29, 1.82) is 0 Å². The molecular weight excluding hydrogens is 324 g/mol. The summed E-state index contributed by atoms with van der Waals surface area (Å²) in [5.74, 6) is 0.733. The first-order chi connectivity index (χ1) is 11.5. The van der Waals surface area contributed by atoms with E-state index in [4.69, 9.17) is 21.7 Å². The number of benzene rings is 2. The molecule has 0 aromatic heterocycles. The molecule has 2 rings (SSSR count). The molecule has 0 spiro atoms. The quantitative estimate of drug-likeness (QED) is 0.814. The Morgan fingerprint density at radius 2 is 1.62 bits per heavy atom. The summed E-state index contributed by atoms with van der Waals surface area (Å²) < 4.78 is 10.3. The maximum atomic E-state index is 12.3. The number of hydrogen-bond acceptors (Lipinski definition) is 4. The molecule has 0 heterocycles. The van der Waals surface area contributed by atoms with Gasteiger partial charge in [0.2, 0.25) is 0 Å². The van der Waals surface area contributed by atoms with Crippen LogP contribution in [0.5, 0.6) is 11.5 Å². The second-order valence-electron chi connectivity index (χ2n) is 5.06. The fraction of sp³-hybridized carbons (Fsp3) is 0.222. The van der Waals surface area contributed by atoms with Gasteiger partial charge in [0.15, 0.2) is 5.11 Å². The predicted molar refractivity (Wildman–Crippen MR) is 99.1 cm³/mol. The molecule has 0 aliphatic rings. The Morgan fingerprint density at radius 3 is 2.12 bits per heavy atom. The lowest BCUT2D eigenvalue weighted by atomic mass is 10.1. The monoisotopic (exact) mass is 344 g/mol. The lowest BCUT2D eigenvalue weighted by molar-refractivity contribution is 0.0977. The van der Waals surface area contributed by atoms with Gasteiger partial charge in [0, 0.05) is 17.3 Å². The average molecular weight is 344 g/mol. The van der Waals surface area contributed by atoms with Gasteiger partial charge in [-0.05, 0) is 48.5 Å². The van der Waals surface area contributed by atoms with E-state index in [9.17, 15) is 4.79 Å². The lowest BCUT2D eigenvalue weighted by Gasteiger charge is -2.11. The SMILES string of the molecule is CCc1ccc(NC(=S)NC(=O)c2cc(OC)cc(OC)c2)cc1. The highest BCUT2D eigenvalue weighted by Crippen LogP contribution is 2.22. The third-order valence-electron chi connectivity index (χ3n) is 3.46. The molecule has 2 aromatic rings. The van der Waals surface area contributed by atoms with Crippen molar-refractivity contribution < 1.29 is 14.3 Å². The molecule has 0 atom stereocenters. The largest absolute Gasteiger partial charge is 0.497 e. The standard InChI is InChI=1S/C18H20N2O3S/c1-4-12-5-7-14(8-6-12)19-18(24)20-17(21)13-9-15(22-2)11-16(10-13)23-3/h5-11H,4H2,1-3H3,(H2,19,20,21,24). The van der Waals surface area contributed by atoms with Gasteiger partial charge in [-0.2, -0.15) is 0 Å². The van der Waals surface area contributed by atoms with E-state index in [1.165, 1.54) is 19.8 Å². The van der Waals surface area contributed by atoms with E-state index in [0.717, 1.165) is 12.1 Å². The van der Waals surface area contributed by atoms with Crippen LogP contribution in [-0.4, -0.2) is 25.2 Å². The minimum absolute atomic E-state index is 0.228. The first-order valence-electron chi connectivity index (χ1n) is 7.50. The van der Waals surface area contributed by atoms with Crippen LogP contribution < -0.4 is 20.1 Å². The van der Waals surface area contributed by atoms with Crippen LogP contribution in [0.1, 0.15) is 22.8 Å². The Kier molecular flexibility index (Phi) is 6.14. The average Bonchev–Trinajstić information content (AvgIpc) is 2.61. The van der Waals surface area contributed by atoms with Crippen LogP contribution in [-0.2, 0) is 6.42 Å². The van der Waals surface area contributed by atoms with Gasteiger partial charge >= 0.3 is 0 Å². The molecule has 2 N–H and O–H groups in total. The van der Waals surface area contributed by atoms with Crippen molar-refractivity contribution >= 4 is 28.9 Å². The number of rotatable bonds is 5. The zero-order valence-electron chi connectivity index (χ0n) is 13.9. The van der Waals surface area contributed by atoms with Gasteiger partial charge in [0.1, 0.15) is 11.5 Å². The number of anilines is 1. The molecule has 0 aliphatic carbocycles. The van der Waals surface area contributed by atoms with Gasteiger partial charge in [-0.3, -0.25) is 10.1 Å². The normalized spacial score (nSPS) is 9.96. The minimum Gasteiger partial charge on any atom is -0.497 e. The van der Waals surface area contributed by atoms with Gasteiger partial charge in [0.05, 0.1) is 14.2 Å². The van der Waals surface area contributed by atoms with Gasteiger partial charge < -0.3 is 14.8 Å². The summed E-state index contributed by atoms with van der Waals surface area (Å²) in [6.07, 6.45) is 0.971. The number of aryl methyl sites for hydroxylation is 1. The molecule has 1 amide bonds. The molecular formula is C18H20N2O3S. The molecule has 0 fully saturated rings. The zero-order chi connectivity index (χ0) is 17.5. The summed E-state index contributed by atoms with van der Waals surface area (Å²) in [5.41, 5.74) is 2.45. The third kappa shape index (κ3) is 4.70. The summed E-state index contributed by atoms with van der Waals surface area (Å²) in [6, 6.07) is 12.8. The Bertz CT molecular complexity index is 707. The van der Waals surface area contributed by atoms with E-state index in [1.54, 1.807) is 18.2 Å². The second-order valence-corrected chi connectivity index (χ2v) is 5.47. The van der Waals surface area contributed by atoms with Crippen LogP contribution in [0, 0.1) is 0 Å². The molecule has 0 aliphatic heterocycles. The van der Waals surface area contributed by atoms with E-state index in [-0.39, 0.29) is 11.0 Å². The number of hydrogen-bond donors (Lipinski definition) is 2. The highest BCUT2D eigenvalue weighted by atomic mass is 32.1. The molecule has 0 saturated carbocycles. The summed E-state index contributed by atoms with van der Waals surface area (Å²) in [4.78, 5) is 12.3. The minimum atomic E-state index is -0.338. The highest BCUT2D eigenvalue weighted by molar-refractivity contribution is 7.80. The molecule has 6 heteroatoms. The van der Waals surface area contributed by atoms with Crippen molar-refractivity contribution in [3.05, 3.63) is 53.6 Å². The first kappa shape index (κ1) is 17.7. The van der Waals surface area contributed by atoms with E-state index < -0.39 is 0 Å². The van der Waals surface area contributed by atoms with Gasteiger partial charge in [-0.25, -0.2) is 0 Å². The van der Waals surface area contributed by atoms with Gasteiger partial charge in [-0.1, -0.05) is 19.1 Å². The van der Waals surface area contributed by atoms with E-state index in [2.05, 4.69) is 17.6 Å². The fourth-order valence-electron chi connectivity index (χ4n) is 2.10. The van der Waals surface area contributed by atoms with E-state index in [0.29, 0.717) is 17.1 Å². The Labute approximate surface area is 147 Å². The zero-order valence-corrected chi connectivity index (χ0v) is 14.7. The summed E-state index contributed by atoms with van der Waals surface area (Å²) in [7, 11) is 3.06. The van der Waals surface area contributed by atoms with E-state index in [1.807, 2.05) is 24.3 Å². The molecule has 0 unspecified atom stereocenters. The van der Waals surface area contributed by atoms with Crippen molar-refractivity contribution in [1.82, 2.24) is 5.32 Å². The van der Waals surface area contributed by atoms with E-state index >= 15 is 0 Å². The molecule has 126 valence electrons. The van der Waals surface area contributed by atoms with Crippen LogP contribution in [0.3, 0.4) is 0 Å². The maximum absolute atomic E-state index is 12.3. The number of carbonyl (C=O) groups excluding carboxylic acids is 1. The predicted octanol–water partition coefficient (Wildman–Crippen LogP) is 3.39. The first-order valence-corrected chi connectivity index (χ1v) is 7.91. The summed E-state index contributed by atoms with van der Waals surface area (Å²) in [6.45, 7) is 2.09. The van der Waals surface area contributed by atoms with Crippen LogP contribution in [0.4, 0.5) is 5.69 Å². The summed E-state index contributed by atoms with van der Waals surface area (Å²) >= 11 is 5.19.